The number of carbonyl (C=O) groups is 1. The Bertz CT molecular complexity index is 385. The number of carboxylic acids is 1. The van der Waals surface area contributed by atoms with Gasteiger partial charge in [-0.2, -0.15) is 0 Å². The standard InChI is InChI=1S/C10H14N2O3S/c1-12-5-4-11-9(12)16-10(8(13)14)2-6-15-7-3-10/h4-5H,2-3,6-7H2,1H3,(H,13,14). The van der Waals surface area contributed by atoms with Crippen molar-refractivity contribution in [3.05, 3.63) is 12.4 Å². The second kappa shape index (κ2) is 4.47. The molecule has 1 N–H and O–H groups in total. The van der Waals surface area contributed by atoms with Crippen molar-refractivity contribution >= 4 is 17.7 Å². The lowest BCUT2D eigenvalue weighted by atomic mass is 9.99. The number of nitrogens with zero attached hydrogens (tertiary/aromatic N) is 2. The third kappa shape index (κ3) is 2.08. The van der Waals surface area contributed by atoms with Gasteiger partial charge in [0.25, 0.3) is 0 Å². The zero-order valence-electron chi connectivity index (χ0n) is 9.05. The molecule has 0 radical (unpaired) electrons. The summed E-state index contributed by atoms with van der Waals surface area (Å²) < 4.78 is 6.28. The van der Waals surface area contributed by atoms with Crippen molar-refractivity contribution in [1.29, 1.82) is 0 Å². The highest BCUT2D eigenvalue weighted by Gasteiger charge is 2.42. The average Bonchev–Trinajstić information content (AvgIpc) is 2.65. The Balaban J connectivity index is 2.20. The van der Waals surface area contributed by atoms with Gasteiger partial charge in [0.05, 0.1) is 0 Å². The number of hydrogen-bond donors (Lipinski definition) is 1. The van der Waals surface area contributed by atoms with Gasteiger partial charge in [0.1, 0.15) is 4.75 Å². The van der Waals surface area contributed by atoms with Crippen molar-refractivity contribution in [2.75, 3.05) is 13.2 Å². The second-order valence-corrected chi connectivity index (χ2v) is 5.19. The van der Waals surface area contributed by atoms with Crippen molar-refractivity contribution in [1.82, 2.24) is 9.55 Å². The number of thioether (sulfide) groups is 1. The fourth-order valence-corrected chi connectivity index (χ4v) is 2.81. The third-order valence-electron chi connectivity index (χ3n) is 2.75. The van der Waals surface area contributed by atoms with Crippen LogP contribution in [-0.2, 0) is 16.6 Å². The lowest BCUT2D eigenvalue weighted by Crippen LogP contribution is -2.41. The molecule has 1 aliphatic heterocycles. The smallest absolute Gasteiger partial charge is 0.320 e. The van der Waals surface area contributed by atoms with Crippen molar-refractivity contribution in [2.24, 2.45) is 7.05 Å². The molecule has 1 aliphatic rings. The van der Waals surface area contributed by atoms with Gasteiger partial charge in [0.2, 0.25) is 0 Å². The first-order valence-corrected chi connectivity index (χ1v) is 5.93. The third-order valence-corrected chi connectivity index (χ3v) is 4.30. The minimum Gasteiger partial charge on any atom is -0.480 e. The summed E-state index contributed by atoms with van der Waals surface area (Å²) in [6, 6.07) is 0. The number of aryl methyl sites for hydroxylation is 1. The van der Waals surface area contributed by atoms with E-state index in [4.69, 9.17) is 4.74 Å². The van der Waals surface area contributed by atoms with Crippen molar-refractivity contribution in [3.63, 3.8) is 0 Å². The van der Waals surface area contributed by atoms with Gasteiger partial charge >= 0.3 is 5.97 Å². The molecule has 88 valence electrons. The Morgan fingerprint density at radius 1 is 1.62 bits per heavy atom. The molecule has 0 aliphatic carbocycles. The highest BCUT2D eigenvalue weighted by atomic mass is 32.2. The Hall–Kier alpha value is -1.01. The van der Waals surface area contributed by atoms with Gasteiger partial charge in [-0.3, -0.25) is 4.79 Å². The van der Waals surface area contributed by atoms with Crippen LogP contribution in [0, 0.1) is 0 Å². The van der Waals surface area contributed by atoms with Crippen LogP contribution in [0.15, 0.2) is 17.6 Å². The van der Waals surface area contributed by atoms with Gasteiger partial charge in [0, 0.05) is 32.7 Å². The first-order chi connectivity index (χ1) is 7.64. The summed E-state index contributed by atoms with van der Waals surface area (Å²) in [7, 11) is 1.87. The lowest BCUT2D eigenvalue weighted by molar-refractivity contribution is -0.142. The maximum atomic E-state index is 11.4. The first-order valence-electron chi connectivity index (χ1n) is 5.11. The number of aliphatic carboxylic acids is 1. The summed E-state index contributed by atoms with van der Waals surface area (Å²) in [5.41, 5.74) is 0. The number of rotatable bonds is 3. The molecule has 0 amide bonds. The van der Waals surface area contributed by atoms with Crippen LogP contribution in [0.2, 0.25) is 0 Å². The largest absolute Gasteiger partial charge is 0.480 e. The van der Waals surface area contributed by atoms with E-state index in [0.29, 0.717) is 26.1 Å². The highest BCUT2D eigenvalue weighted by molar-refractivity contribution is 8.01. The van der Waals surface area contributed by atoms with Crippen molar-refractivity contribution < 1.29 is 14.6 Å². The highest BCUT2D eigenvalue weighted by Crippen LogP contribution is 2.39. The van der Waals surface area contributed by atoms with Crippen LogP contribution in [0.4, 0.5) is 0 Å². The molecule has 0 unspecified atom stereocenters. The first kappa shape index (κ1) is 11.5. The maximum absolute atomic E-state index is 11.4. The van der Waals surface area contributed by atoms with Crippen LogP contribution in [-0.4, -0.2) is 38.6 Å². The average molecular weight is 242 g/mol. The molecule has 5 nitrogen and oxygen atoms in total. The number of ether oxygens (including phenoxy) is 1. The van der Waals surface area contributed by atoms with Gasteiger partial charge < -0.3 is 14.4 Å². The Morgan fingerprint density at radius 2 is 2.31 bits per heavy atom. The van der Waals surface area contributed by atoms with Gasteiger partial charge in [-0.05, 0) is 12.8 Å². The van der Waals surface area contributed by atoms with Gasteiger partial charge in [-0.15, -0.1) is 0 Å². The van der Waals surface area contributed by atoms with Gasteiger partial charge in [-0.1, -0.05) is 11.8 Å². The number of imidazole rings is 1. The van der Waals surface area contributed by atoms with Crippen molar-refractivity contribution in [2.45, 2.75) is 22.7 Å². The van der Waals surface area contributed by atoms with Gasteiger partial charge in [0.15, 0.2) is 5.16 Å². The maximum Gasteiger partial charge on any atom is 0.320 e. The molecule has 0 aromatic carbocycles. The quantitative estimate of drug-likeness (QED) is 0.861. The SMILES string of the molecule is Cn1ccnc1SC1(C(=O)O)CCOCC1. The molecule has 1 fully saturated rings. The van der Waals surface area contributed by atoms with Crippen LogP contribution in [0.3, 0.4) is 0 Å². The molecule has 16 heavy (non-hydrogen) atoms. The second-order valence-electron chi connectivity index (χ2n) is 3.83. The molecule has 1 saturated heterocycles. The predicted molar refractivity (Wildman–Crippen MR) is 59.5 cm³/mol. The van der Waals surface area contributed by atoms with E-state index in [1.807, 2.05) is 17.8 Å². The fourth-order valence-electron chi connectivity index (χ4n) is 1.69. The van der Waals surface area contributed by atoms with Gasteiger partial charge in [-0.25, -0.2) is 4.98 Å². The van der Waals surface area contributed by atoms with Crippen LogP contribution in [0.25, 0.3) is 0 Å². The topological polar surface area (TPSA) is 64.4 Å². The number of hydrogen-bond acceptors (Lipinski definition) is 4. The number of aromatic nitrogens is 2. The van der Waals surface area contributed by atoms with Crippen LogP contribution >= 0.6 is 11.8 Å². The molecular weight excluding hydrogens is 228 g/mol. The van der Waals surface area contributed by atoms with E-state index in [2.05, 4.69) is 4.98 Å². The van der Waals surface area contributed by atoms with E-state index in [9.17, 15) is 9.90 Å². The lowest BCUT2D eigenvalue weighted by Gasteiger charge is -2.31. The molecular formula is C10H14N2O3S. The summed E-state index contributed by atoms with van der Waals surface area (Å²) in [6.07, 6.45) is 4.55. The van der Waals surface area contributed by atoms with Crippen LogP contribution in [0.5, 0.6) is 0 Å². The van der Waals surface area contributed by atoms with E-state index in [1.54, 1.807) is 6.20 Å². The van der Waals surface area contributed by atoms with E-state index < -0.39 is 10.7 Å². The molecule has 1 aromatic heterocycles. The molecule has 0 saturated carbocycles. The summed E-state index contributed by atoms with van der Waals surface area (Å²) in [5.74, 6) is -0.774. The number of carboxylic acid groups (broad SMARTS) is 1. The molecule has 2 heterocycles. The monoisotopic (exact) mass is 242 g/mol. The van der Waals surface area contributed by atoms with Crippen molar-refractivity contribution in [3.8, 4) is 0 Å². The summed E-state index contributed by atoms with van der Waals surface area (Å²) in [4.78, 5) is 15.6. The summed E-state index contributed by atoms with van der Waals surface area (Å²) >= 11 is 1.33. The van der Waals surface area contributed by atoms with E-state index in [0.717, 1.165) is 5.16 Å². The molecule has 0 spiro atoms. The molecule has 0 bridgehead atoms. The molecule has 0 atom stereocenters. The minimum atomic E-state index is -0.780. The molecule has 2 rings (SSSR count). The minimum absolute atomic E-state index is 0.504. The van der Waals surface area contributed by atoms with Crippen LogP contribution < -0.4 is 0 Å². The fraction of sp³-hybridized carbons (Fsp3) is 0.600. The Kier molecular flexibility index (Phi) is 3.20. The van der Waals surface area contributed by atoms with Crippen LogP contribution in [0.1, 0.15) is 12.8 Å². The Morgan fingerprint density at radius 3 is 2.81 bits per heavy atom. The van der Waals surface area contributed by atoms with E-state index in [-0.39, 0.29) is 0 Å². The zero-order chi connectivity index (χ0) is 11.6. The van der Waals surface area contributed by atoms with E-state index in [1.165, 1.54) is 11.8 Å². The normalized spacial score (nSPS) is 19.6. The summed E-state index contributed by atoms with van der Waals surface area (Å²) in [5, 5.41) is 10.1. The molecule has 6 heteroatoms. The zero-order valence-corrected chi connectivity index (χ0v) is 9.87. The predicted octanol–water partition coefficient (Wildman–Crippen LogP) is 1.15. The van der Waals surface area contributed by atoms with E-state index >= 15 is 0 Å². The Labute approximate surface area is 97.8 Å². The summed E-state index contributed by atoms with van der Waals surface area (Å²) in [6.45, 7) is 1.01. The molecule has 1 aromatic rings.